The number of hydrogen-bond acceptors (Lipinski definition) is 8. The Morgan fingerprint density at radius 3 is 2.44 bits per heavy atom. The summed E-state index contributed by atoms with van der Waals surface area (Å²) in [5.41, 5.74) is 3.49. The molecule has 4 aromatic carbocycles. The van der Waals surface area contributed by atoms with Crippen LogP contribution in [0, 0.1) is 23.7 Å². The zero-order valence-electron chi connectivity index (χ0n) is 28.9. The monoisotopic (exact) mass is 777 g/mol. The molecule has 6 unspecified atom stereocenters. The average Bonchev–Trinajstić information content (AvgIpc) is 3.84. The number of fused-ring (bicyclic) bond motifs is 5. The second-order valence-corrected chi connectivity index (χ2v) is 16.1. The summed E-state index contributed by atoms with van der Waals surface area (Å²) in [5, 5.41) is 17.0. The third-order valence-corrected chi connectivity index (χ3v) is 13.2. The van der Waals surface area contributed by atoms with Crippen molar-refractivity contribution in [3.63, 3.8) is 0 Å². The largest absolute Gasteiger partial charge is 0.508 e. The number of hydrazine groups is 1. The van der Waals surface area contributed by atoms with Gasteiger partial charge >= 0.3 is 0 Å². The molecule has 1 aromatic heterocycles. The van der Waals surface area contributed by atoms with Crippen LogP contribution in [-0.2, 0) is 31.1 Å². The van der Waals surface area contributed by atoms with Gasteiger partial charge in [-0.15, -0.1) is 11.3 Å². The first-order valence-electron chi connectivity index (χ1n) is 17.7. The highest BCUT2D eigenvalue weighted by molar-refractivity contribution is 7.09. The Bertz CT molecular complexity index is 2420. The zero-order valence-corrected chi connectivity index (χ0v) is 31.2. The molecule has 2 N–H and O–H groups in total. The number of aromatic hydroxyl groups is 1. The van der Waals surface area contributed by atoms with Crippen LogP contribution in [-0.4, -0.2) is 45.8 Å². The van der Waals surface area contributed by atoms with Gasteiger partial charge in [0.15, 0.2) is 0 Å². The maximum absolute atomic E-state index is 15.6. The number of anilines is 1. The number of thiophene rings is 1. The van der Waals surface area contributed by atoms with Crippen LogP contribution in [0.2, 0.25) is 10.0 Å². The number of phenols is 1. The lowest BCUT2D eigenvalue weighted by Gasteiger charge is -2.51. The topological polar surface area (TPSA) is 116 Å². The van der Waals surface area contributed by atoms with Gasteiger partial charge in [-0.3, -0.25) is 29.5 Å². The number of rotatable bonds is 7. The van der Waals surface area contributed by atoms with Crippen LogP contribution in [0.4, 0.5) is 5.69 Å². The molecular weight excluding hydrogens is 745 g/mol. The fourth-order valence-electron chi connectivity index (χ4n) is 9.52. The molecule has 272 valence electrons. The van der Waals surface area contributed by atoms with Crippen molar-refractivity contribution in [2.75, 3.05) is 12.5 Å². The molecule has 2 aliphatic heterocycles. The fraction of sp³-hybridized carbons (Fsp3) is 0.238. The fourth-order valence-corrected chi connectivity index (χ4v) is 10.7. The van der Waals surface area contributed by atoms with Crippen LogP contribution in [0.25, 0.3) is 10.8 Å². The minimum atomic E-state index is -1.60. The van der Waals surface area contributed by atoms with E-state index in [0.29, 0.717) is 33.0 Å². The molecule has 4 aliphatic rings. The summed E-state index contributed by atoms with van der Waals surface area (Å²) >= 11 is 14.3. The van der Waals surface area contributed by atoms with E-state index >= 15 is 9.59 Å². The number of nitrogens with one attached hydrogen (secondary N) is 1. The van der Waals surface area contributed by atoms with Crippen molar-refractivity contribution >= 4 is 74.6 Å². The van der Waals surface area contributed by atoms with Crippen molar-refractivity contribution in [2.45, 2.75) is 30.7 Å². The molecule has 5 aromatic rings. The number of ether oxygens (including phenoxy) is 1. The van der Waals surface area contributed by atoms with Crippen LogP contribution < -0.4 is 10.2 Å². The van der Waals surface area contributed by atoms with E-state index in [9.17, 15) is 14.7 Å². The minimum Gasteiger partial charge on any atom is -0.508 e. The molecule has 4 amide bonds. The molecule has 1 saturated carbocycles. The summed E-state index contributed by atoms with van der Waals surface area (Å²) in [6, 6.07) is 26.6. The van der Waals surface area contributed by atoms with Crippen molar-refractivity contribution in [1.82, 2.24) is 9.91 Å². The Morgan fingerprint density at radius 2 is 1.70 bits per heavy atom. The highest BCUT2D eigenvalue weighted by Gasteiger charge is 2.70. The lowest BCUT2D eigenvalue weighted by molar-refractivity contribution is -0.141. The van der Waals surface area contributed by atoms with Crippen LogP contribution >= 0.6 is 34.5 Å². The van der Waals surface area contributed by atoms with Gasteiger partial charge in [0, 0.05) is 21.4 Å². The Morgan fingerprint density at radius 1 is 0.907 bits per heavy atom. The Labute approximate surface area is 324 Å². The van der Waals surface area contributed by atoms with Gasteiger partial charge in [-0.25, -0.2) is 0 Å². The van der Waals surface area contributed by atoms with E-state index in [1.54, 1.807) is 49.6 Å². The molecule has 54 heavy (non-hydrogen) atoms. The molecule has 0 bridgehead atoms. The SMILES string of the molecule is COc1ccc(C23C(=O)N(Nc4ccc(Cl)cc4Cl)C(=O)C2CC2C(=CCC4C(=O)N(Cc5cccs5)C(=O)C42)C3c2c(O)ccc3ccccc23)cc1. The molecule has 3 heterocycles. The van der Waals surface area contributed by atoms with Crippen LogP contribution in [0.5, 0.6) is 11.5 Å². The van der Waals surface area contributed by atoms with Gasteiger partial charge in [-0.1, -0.05) is 83.4 Å². The molecule has 3 fully saturated rings. The maximum atomic E-state index is 15.6. The standard InChI is InChI=1S/C42H33Cl2N3O6S/c1-53-25-12-9-23(10-13-25)42-31(39(50)47(41(42)52)45-33-16-11-24(43)19-32(33)44)20-30-28(37(42)36-27-7-3-2-5-22(27)8-17-34(36)48)14-15-29-35(30)40(51)46(38(29)49)21-26-6-4-18-54-26/h2-14,16-19,29-31,35,37,45,48H,15,20-21H2,1H3. The van der Waals surface area contributed by atoms with Gasteiger partial charge in [0.1, 0.15) is 11.5 Å². The molecular formula is C42H33Cl2N3O6S. The first kappa shape index (κ1) is 34.6. The summed E-state index contributed by atoms with van der Waals surface area (Å²) in [7, 11) is 1.55. The van der Waals surface area contributed by atoms with Crippen molar-refractivity contribution in [3.8, 4) is 11.5 Å². The Balaban J connectivity index is 1.28. The summed E-state index contributed by atoms with van der Waals surface area (Å²) in [6.07, 6.45) is 2.38. The first-order valence-corrected chi connectivity index (χ1v) is 19.3. The summed E-state index contributed by atoms with van der Waals surface area (Å²) in [5.74, 6) is -4.94. The average molecular weight is 779 g/mol. The molecule has 6 atom stereocenters. The van der Waals surface area contributed by atoms with Gasteiger partial charge in [-0.05, 0) is 82.9 Å². The van der Waals surface area contributed by atoms with E-state index in [0.717, 1.165) is 20.8 Å². The third-order valence-electron chi connectivity index (χ3n) is 11.8. The van der Waals surface area contributed by atoms with Gasteiger partial charge in [0.25, 0.3) is 11.8 Å². The predicted molar refractivity (Wildman–Crippen MR) is 206 cm³/mol. The number of methoxy groups -OCH3 is 1. The molecule has 0 spiro atoms. The lowest BCUT2D eigenvalue weighted by Crippen LogP contribution is -2.53. The summed E-state index contributed by atoms with van der Waals surface area (Å²) in [4.78, 5) is 61.4. The minimum absolute atomic E-state index is 0.0467. The number of nitrogens with zero attached hydrogens (tertiary/aromatic N) is 2. The van der Waals surface area contributed by atoms with Crippen molar-refractivity contribution < 1.29 is 29.0 Å². The number of phenolic OH excluding ortho intramolecular Hbond substituents is 1. The van der Waals surface area contributed by atoms with E-state index in [4.69, 9.17) is 27.9 Å². The van der Waals surface area contributed by atoms with Crippen LogP contribution in [0.3, 0.4) is 0 Å². The van der Waals surface area contributed by atoms with E-state index in [2.05, 4.69) is 5.43 Å². The predicted octanol–water partition coefficient (Wildman–Crippen LogP) is 8.11. The molecule has 12 heteroatoms. The highest BCUT2D eigenvalue weighted by atomic mass is 35.5. The molecule has 2 saturated heterocycles. The van der Waals surface area contributed by atoms with Crippen LogP contribution in [0.15, 0.2) is 108 Å². The number of carbonyl (C=O) groups is 4. The number of imide groups is 2. The molecule has 9 rings (SSSR count). The number of amides is 4. The smallest absolute Gasteiger partial charge is 0.260 e. The van der Waals surface area contributed by atoms with E-state index in [1.165, 1.54) is 22.3 Å². The Hall–Kier alpha value is -5.16. The second kappa shape index (κ2) is 13.0. The molecule has 9 nitrogen and oxygen atoms in total. The number of benzene rings is 4. The van der Waals surface area contributed by atoms with E-state index in [-0.39, 0.29) is 42.0 Å². The quantitative estimate of drug-likeness (QED) is 0.127. The number of likely N-dealkylation sites (tertiary alicyclic amines) is 1. The van der Waals surface area contributed by atoms with E-state index < -0.39 is 46.8 Å². The van der Waals surface area contributed by atoms with Crippen LogP contribution in [0.1, 0.15) is 34.8 Å². The van der Waals surface area contributed by atoms with Gasteiger partial charge in [0.2, 0.25) is 11.8 Å². The number of carbonyl (C=O) groups excluding carboxylic acids is 4. The highest BCUT2D eigenvalue weighted by Crippen LogP contribution is 2.65. The van der Waals surface area contributed by atoms with Crippen molar-refractivity contribution in [3.05, 3.63) is 134 Å². The van der Waals surface area contributed by atoms with Crippen molar-refractivity contribution in [1.29, 1.82) is 0 Å². The van der Waals surface area contributed by atoms with E-state index in [1.807, 2.05) is 53.9 Å². The first-order chi connectivity index (χ1) is 26.1. The normalized spacial score (nSPS) is 26.1. The zero-order chi connectivity index (χ0) is 37.5. The van der Waals surface area contributed by atoms with Gasteiger partial charge in [-0.2, -0.15) is 5.01 Å². The van der Waals surface area contributed by atoms with Crippen molar-refractivity contribution in [2.24, 2.45) is 23.7 Å². The lowest BCUT2D eigenvalue weighted by atomic mass is 9.48. The number of allylic oxidation sites excluding steroid dienone is 2. The number of hydrogen-bond donors (Lipinski definition) is 2. The summed E-state index contributed by atoms with van der Waals surface area (Å²) < 4.78 is 5.50. The maximum Gasteiger partial charge on any atom is 0.260 e. The molecule has 2 aliphatic carbocycles. The second-order valence-electron chi connectivity index (χ2n) is 14.3. The summed E-state index contributed by atoms with van der Waals surface area (Å²) in [6.45, 7) is 0.175. The molecule has 0 radical (unpaired) electrons. The third kappa shape index (κ3) is 5.03. The Kier molecular flexibility index (Phi) is 8.33. The van der Waals surface area contributed by atoms with Gasteiger partial charge < -0.3 is 9.84 Å². The van der Waals surface area contributed by atoms with Gasteiger partial charge in [0.05, 0.1) is 47.5 Å². The number of halogens is 2.